The molecular formula is C13H21NO3S2. The van der Waals surface area contributed by atoms with Crippen LogP contribution >= 0.6 is 11.3 Å². The highest BCUT2D eigenvalue weighted by Gasteiger charge is 2.29. The maximum absolute atomic E-state index is 12.6. The summed E-state index contributed by atoms with van der Waals surface area (Å²) in [7, 11) is -3.32. The Morgan fingerprint density at radius 3 is 2.84 bits per heavy atom. The van der Waals surface area contributed by atoms with Gasteiger partial charge in [0, 0.05) is 19.7 Å². The molecule has 1 aliphatic heterocycles. The Balaban J connectivity index is 2.12. The van der Waals surface area contributed by atoms with Crippen molar-refractivity contribution in [1.82, 2.24) is 4.31 Å². The van der Waals surface area contributed by atoms with E-state index in [1.165, 1.54) is 11.3 Å². The highest BCUT2D eigenvalue weighted by atomic mass is 32.2. The second kappa shape index (κ2) is 6.35. The largest absolute Gasteiger partial charge is 0.396 e. The highest BCUT2D eigenvalue weighted by molar-refractivity contribution is 7.91. The van der Waals surface area contributed by atoms with Crippen molar-refractivity contribution in [2.75, 3.05) is 19.7 Å². The van der Waals surface area contributed by atoms with Crippen LogP contribution in [0.25, 0.3) is 0 Å². The van der Waals surface area contributed by atoms with Gasteiger partial charge in [-0.05, 0) is 55.5 Å². The molecule has 6 heteroatoms. The van der Waals surface area contributed by atoms with Crippen molar-refractivity contribution in [2.45, 2.75) is 36.8 Å². The number of nitrogens with zero attached hydrogens (tertiary/aromatic N) is 1. The molecule has 0 spiro atoms. The van der Waals surface area contributed by atoms with E-state index >= 15 is 0 Å². The first-order valence-corrected chi connectivity index (χ1v) is 9.03. The molecule has 4 nitrogen and oxygen atoms in total. The molecule has 1 fully saturated rings. The van der Waals surface area contributed by atoms with Crippen molar-refractivity contribution < 1.29 is 13.5 Å². The Hall–Kier alpha value is -0.430. The van der Waals surface area contributed by atoms with E-state index in [1.807, 2.05) is 18.4 Å². The van der Waals surface area contributed by atoms with Gasteiger partial charge in [-0.25, -0.2) is 8.42 Å². The van der Waals surface area contributed by atoms with Crippen molar-refractivity contribution in [3.05, 3.63) is 17.0 Å². The Morgan fingerprint density at radius 1 is 1.42 bits per heavy atom. The molecule has 0 saturated carbocycles. The van der Waals surface area contributed by atoms with Crippen LogP contribution in [0.1, 0.15) is 31.2 Å². The van der Waals surface area contributed by atoms with Crippen LogP contribution in [-0.4, -0.2) is 37.5 Å². The van der Waals surface area contributed by atoms with Gasteiger partial charge < -0.3 is 5.11 Å². The summed E-state index contributed by atoms with van der Waals surface area (Å²) in [5.74, 6) is 0.453. The monoisotopic (exact) mass is 303 g/mol. The van der Waals surface area contributed by atoms with Gasteiger partial charge in [-0.15, -0.1) is 11.3 Å². The molecule has 1 aromatic heterocycles. The number of hydrogen-bond acceptors (Lipinski definition) is 4. The highest BCUT2D eigenvalue weighted by Crippen LogP contribution is 2.29. The number of rotatable bonds is 4. The summed E-state index contributed by atoms with van der Waals surface area (Å²) in [6, 6.07) is 1.85. The Labute approximate surface area is 119 Å². The van der Waals surface area contributed by atoms with Crippen LogP contribution in [0.4, 0.5) is 0 Å². The third-order valence-corrected chi connectivity index (χ3v) is 7.30. The Morgan fingerprint density at radius 2 is 2.21 bits per heavy atom. The van der Waals surface area contributed by atoms with Crippen molar-refractivity contribution in [3.8, 4) is 0 Å². The van der Waals surface area contributed by atoms with Gasteiger partial charge in [0.05, 0.1) is 0 Å². The average molecular weight is 303 g/mol. The minimum Gasteiger partial charge on any atom is -0.396 e. The van der Waals surface area contributed by atoms with E-state index in [1.54, 1.807) is 4.31 Å². The SMILES string of the molecule is Cc1ccsc1S(=O)(=O)N1CCCC(CCO)CC1. The lowest BCUT2D eigenvalue weighted by molar-refractivity contribution is 0.248. The maximum Gasteiger partial charge on any atom is 0.252 e. The van der Waals surface area contributed by atoms with Crippen LogP contribution in [0.2, 0.25) is 0 Å². The summed E-state index contributed by atoms with van der Waals surface area (Å²) in [4.78, 5) is 0. The van der Waals surface area contributed by atoms with E-state index in [-0.39, 0.29) is 6.61 Å². The van der Waals surface area contributed by atoms with Crippen LogP contribution < -0.4 is 0 Å². The van der Waals surface area contributed by atoms with E-state index < -0.39 is 10.0 Å². The summed E-state index contributed by atoms with van der Waals surface area (Å²) in [5.41, 5.74) is 0.834. The van der Waals surface area contributed by atoms with Gasteiger partial charge in [0.1, 0.15) is 4.21 Å². The van der Waals surface area contributed by atoms with Gasteiger partial charge in [-0.2, -0.15) is 4.31 Å². The number of hydrogen-bond donors (Lipinski definition) is 1. The summed E-state index contributed by atoms with van der Waals surface area (Å²) in [6.45, 7) is 3.21. The quantitative estimate of drug-likeness (QED) is 0.928. The molecule has 1 saturated heterocycles. The fraction of sp³-hybridized carbons (Fsp3) is 0.692. The molecule has 0 bridgehead atoms. The third kappa shape index (κ3) is 3.37. The second-order valence-electron chi connectivity index (χ2n) is 5.10. The minimum atomic E-state index is -3.32. The molecule has 1 aromatic rings. The first-order valence-electron chi connectivity index (χ1n) is 6.71. The smallest absolute Gasteiger partial charge is 0.252 e. The van der Waals surface area contributed by atoms with Crippen LogP contribution in [-0.2, 0) is 10.0 Å². The molecule has 1 N–H and O–H groups in total. The number of aliphatic hydroxyl groups excluding tert-OH is 1. The third-order valence-electron chi connectivity index (χ3n) is 3.73. The molecule has 1 aliphatic rings. The molecule has 19 heavy (non-hydrogen) atoms. The predicted molar refractivity (Wildman–Crippen MR) is 76.9 cm³/mol. The van der Waals surface area contributed by atoms with E-state index in [2.05, 4.69) is 0 Å². The van der Waals surface area contributed by atoms with Gasteiger partial charge in [0.2, 0.25) is 0 Å². The minimum absolute atomic E-state index is 0.196. The topological polar surface area (TPSA) is 57.6 Å². The average Bonchev–Trinajstić information content (AvgIpc) is 2.66. The van der Waals surface area contributed by atoms with E-state index in [0.29, 0.717) is 23.2 Å². The fourth-order valence-electron chi connectivity index (χ4n) is 2.59. The van der Waals surface area contributed by atoms with Crippen LogP contribution in [0, 0.1) is 12.8 Å². The summed E-state index contributed by atoms with van der Waals surface area (Å²) >= 11 is 1.30. The van der Waals surface area contributed by atoms with Crippen molar-refractivity contribution in [2.24, 2.45) is 5.92 Å². The van der Waals surface area contributed by atoms with E-state index in [4.69, 9.17) is 5.11 Å². The van der Waals surface area contributed by atoms with Gasteiger partial charge >= 0.3 is 0 Å². The lowest BCUT2D eigenvalue weighted by Crippen LogP contribution is -2.32. The first kappa shape index (κ1) is 15.0. The lowest BCUT2D eigenvalue weighted by atomic mass is 9.98. The summed E-state index contributed by atoms with van der Waals surface area (Å²) in [5, 5.41) is 10.8. The molecule has 108 valence electrons. The Bertz CT molecular complexity index is 510. The zero-order valence-corrected chi connectivity index (χ0v) is 12.8. The van der Waals surface area contributed by atoms with Crippen molar-refractivity contribution >= 4 is 21.4 Å². The van der Waals surface area contributed by atoms with Crippen LogP contribution in [0.5, 0.6) is 0 Å². The lowest BCUT2D eigenvalue weighted by Gasteiger charge is -2.19. The molecule has 0 radical (unpaired) electrons. The first-order chi connectivity index (χ1) is 9.05. The maximum atomic E-state index is 12.6. The van der Waals surface area contributed by atoms with Gasteiger partial charge in [0.15, 0.2) is 0 Å². The van der Waals surface area contributed by atoms with Gasteiger partial charge in [-0.1, -0.05) is 0 Å². The van der Waals surface area contributed by atoms with Crippen LogP contribution in [0.15, 0.2) is 15.7 Å². The Kier molecular flexibility index (Phi) is 5.00. The summed E-state index contributed by atoms with van der Waals surface area (Å²) < 4.78 is 27.2. The van der Waals surface area contributed by atoms with Gasteiger partial charge in [0.25, 0.3) is 10.0 Å². The zero-order valence-electron chi connectivity index (χ0n) is 11.2. The molecule has 1 unspecified atom stereocenters. The molecule has 1 atom stereocenters. The normalized spacial score (nSPS) is 22.3. The molecule has 0 amide bonds. The second-order valence-corrected chi connectivity index (χ2v) is 8.15. The van der Waals surface area contributed by atoms with Crippen molar-refractivity contribution in [1.29, 1.82) is 0 Å². The van der Waals surface area contributed by atoms with E-state index in [0.717, 1.165) is 31.2 Å². The number of thiophene rings is 1. The predicted octanol–water partition coefficient (Wildman–Crippen LogP) is 2.23. The van der Waals surface area contributed by atoms with E-state index in [9.17, 15) is 8.42 Å². The van der Waals surface area contributed by atoms with Gasteiger partial charge in [-0.3, -0.25) is 0 Å². The summed E-state index contributed by atoms with van der Waals surface area (Å²) in [6.07, 6.45) is 3.53. The number of aryl methyl sites for hydroxylation is 1. The molecular weight excluding hydrogens is 282 g/mol. The van der Waals surface area contributed by atoms with Crippen molar-refractivity contribution in [3.63, 3.8) is 0 Å². The van der Waals surface area contributed by atoms with Crippen LogP contribution in [0.3, 0.4) is 0 Å². The zero-order chi connectivity index (χ0) is 13.9. The molecule has 0 aliphatic carbocycles. The number of aliphatic hydroxyl groups is 1. The number of sulfonamides is 1. The molecule has 2 rings (SSSR count). The molecule has 2 heterocycles. The molecule has 0 aromatic carbocycles. The standard InChI is InChI=1S/C13H21NO3S2/c1-11-6-10-18-13(11)19(16,17)14-7-2-3-12(4-8-14)5-9-15/h6,10,12,15H,2-5,7-9H2,1H3. The fourth-order valence-corrected chi connectivity index (χ4v) is 5.63.